The van der Waals surface area contributed by atoms with Crippen molar-refractivity contribution in [2.24, 2.45) is 11.7 Å². The smallest absolute Gasteiger partial charge is 0.0800 e. The van der Waals surface area contributed by atoms with Crippen LogP contribution in [0.1, 0.15) is 31.2 Å². The van der Waals surface area contributed by atoms with E-state index >= 15 is 0 Å². The van der Waals surface area contributed by atoms with E-state index in [1.54, 1.807) is 0 Å². The van der Waals surface area contributed by atoms with E-state index in [1.165, 1.54) is 5.56 Å². The van der Waals surface area contributed by atoms with Crippen LogP contribution in [0.5, 0.6) is 0 Å². The zero-order valence-corrected chi connectivity index (χ0v) is 9.19. The van der Waals surface area contributed by atoms with Gasteiger partial charge in [-0.1, -0.05) is 37.3 Å². The lowest BCUT2D eigenvalue weighted by atomic mass is 9.92. The summed E-state index contributed by atoms with van der Waals surface area (Å²) in [6.45, 7) is 2.38. The summed E-state index contributed by atoms with van der Waals surface area (Å²) >= 11 is 0. The van der Waals surface area contributed by atoms with Gasteiger partial charge in [-0.25, -0.2) is 0 Å². The van der Waals surface area contributed by atoms with Gasteiger partial charge < -0.3 is 10.8 Å². The Morgan fingerprint density at radius 1 is 1.40 bits per heavy atom. The van der Waals surface area contributed by atoms with Crippen molar-refractivity contribution < 1.29 is 5.11 Å². The number of hydrogen-bond acceptors (Lipinski definition) is 2. The maximum absolute atomic E-state index is 10.3. The molecule has 0 heterocycles. The summed E-state index contributed by atoms with van der Waals surface area (Å²) in [6, 6.07) is 10.4. The molecule has 82 valence electrons. The largest absolute Gasteiger partial charge is 0.388 e. The first-order valence-electron chi connectivity index (χ1n) is 5.68. The molecule has 1 aromatic rings. The van der Waals surface area contributed by atoms with E-state index in [9.17, 15) is 5.11 Å². The fourth-order valence-electron chi connectivity index (χ4n) is 2.42. The van der Waals surface area contributed by atoms with Crippen molar-refractivity contribution in [2.75, 3.05) is 6.54 Å². The fourth-order valence-corrected chi connectivity index (χ4v) is 2.42. The van der Waals surface area contributed by atoms with Gasteiger partial charge in [-0.05, 0) is 30.2 Å². The third-order valence-corrected chi connectivity index (χ3v) is 3.67. The van der Waals surface area contributed by atoms with E-state index in [2.05, 4.69) is 24.3 Å². The standard InChI is InChI=1S/C13H19NO/c1-2-13(15,9-14)12-8-11(12)10-6-4-3-5-7-10/h3-7,11-12,15H,2,8-9,14H2,1H3. The minimum atomic E-state index is -0.652. The van der Waals surface area contributed by atoms with Crippen LogP contribution >= 0.6 is 0 Å². The van der Waals surface area contributed by atoms with E-state index in [0.717, 1.165) is 12.8 Å². The van der Waals surface area contributed by atoms with Crippen molar-refractivity contribution in [3.63, 3.8) is 0 Å². The summed E-state index contributed by atoms with van der Waals surface area (Å²) in [5.41, 5.74) is 6.33. The second-order valence-corrected chi connectivity index (χ2v) is 4.52. The Morgan fingerprint density at radius 3 is 2.60 bits per heavy atom. The van der Waals surface area contributed by atoms with Gasteiger partial charge in [-0.3, -0.25) is 0 Å². The second-order valence-electron chi connectivity index (χ2n) is 4.52. The molecule has 1 aromatic carbocycles. The molecular formula is C13H19NO. The predicted octanol–water partition coefficient (Wildman–Crippen LogP) is 1.89. The predicted molar refractivity (Wildman–Crippen MR) is 61.6 cm³/mol. The number of rotatable bonds is 4. The van der Waals surface area contributed by atoms with Gasteiger partial charge in [0.2, 0.25) is 0 Å². The highest BCUT2D eigenvalue weighted by atomic mass is 16.3. The maximum Gasteiger partial charge on any atom is 0.0800 e. The molecule has 0 aromatic heterocycles. The molecular weight excluding hydrogens is 186 g/mol. The maximum atomic E-state index is 10.3. The summed E-state index contributed by atoms with van der Waals surface area (Å²) < 4.78 is 0. The fraction of sp³-hybridized carbons (Fsp3) is 0.538. The van der Waals surface area contributed by atoms with Crippen molar-refractivity contribution in [2.45, 2.75) is 31.3 Å². The Balaban J connectivity index is 2.08. The molecule has 2 heteroatoms. The third-order valence-electron chi connectivity index (χ3n) is 3.67. The van der Waals surface area contributed by atoms with Crippen LogP contribution in [-0.2, 0) is 0 Å². The van der Waals surface area contributed by atoms with Crippen LogP contribution < -0.4 is 5.73 Å². The van der Waals surface area contributed by atoms with E-state index in [1.807, 2.05) is 13.0 Å². The number of nitrogens with two attached hydrogens (primary N) is 1. The van der Waals surface area contributed by atoms with Crippen LogP contribution in [0.15, 0.2) is 30.3 Å². The molecule has 2 rings (SSSR count). The molecule has 0 saturated heterocycles. The molecule has 3 atom stereocenters. The Kier molecular flexibility index (Phi) is 2.81. The molecule has 1 aliphatic rings. The molecule has 1 fully saturated rings. The molecule has 0 bridgehead atoms. The first-order valence-corrected chi connectivity index (χ1v) is 5.68. The first kappa shape index (κ1) is 10.7. The average Bonchev–Trinajstić information content (AvgIpc) is 3.10. The van der Waals surface area contributed by atoms with E-state index in [0.29, 0.717) is 18.4 Å². The minimum Gasteiger partial charge on any atom is -0.388 e. The number of aliphatic hydroxyl groups is 1. The van der Waals surface area contributed by atoms with Crippen LogP contribution in [0.2, 0.25) is 0 Å². The molecule has 2 nitrogen and oxygen atoms in total. The van der Waals surface area contributed by atoms with Crippen molar-refractivity contribution in [1.29, 1.82) is 0 Å². The monoisotopic (exact) mass is 205 g/mol. The average molecular weight is 205 g/mol. The van der Waals surface area contributed by atoms with Gasteiger partial charge in [-0.15, -0.1) is 0 Å². The third kappa shape index (κ3) is 1.92. The highest BCUT2D eigenvalue weighted by Crippen LogP contribution is 2.53. The highest BCUT2D eigenvalue weighted by Gasteiger charge is 2.50. The van der Waals surface area contributed by atoms with Gasteiger partial charge in [0.1, 0.15) is 0 Å². The topological polar surface area (TPSA) is 46.2 Å². The summed E-state index contributed by atoms with van der Waals surface area (Å²) in [4.78, 5) is 0. The van der Waals surface area contributed by atoms with Crippen molar-refractivity contribution >= 4 is 0 Å². The molecule has 0 aliphatic heterocycles. The summed E-state index contributed by atoms with van der Waals surface area (Å²) in [6.07, 6.45) is 1.82. The van der Waals surface area contributed by atoms with E-state index < -0.39 is 5.60 Å². The molecule has 3 N–H and O–H groups in total. The van der Waals surface area contributed by atoms with Crippen LogP contribution in [-0.4, -0.2) is 17.3 Å². The molecule has 1 aliphatic carbocycles. The molecule has 15 heavy (non-hydrogen) atoms. The summed E-state index contributed by atoms with van der Waals surface area (Å²) in [5.74, 6) is 0.870. The highest BCUT2D eigenvalue weighted by molar-refractivity contribution is 5.27. The second kappa shape index (κ2) is 3.95. The van der Waals surface area contributed by atoms with Crippen LogP contribution in [0, 0.1) is 5.92 Å². The molecule has 3 unspecified atom stereocenters. The van der Waals surface area contributed by atoms with Gasteiger partial charge in [0, 0.05) is 6.54 Å². The molecule has 0 amide bonds. The van der Waals surface area contributed by atoms with Crippen LogP contribution in [0.4, 0.5) is 0 Å². The zero-order chi connectivity index (χ0) is 10.9. The van der Waals surface area contributed by atoms with Crippen molar-refractivity contribution in [3.8, 4) is 0 Å². The Bertz CT molecular complexity index is 319. The Hall–Kier alpha value is -0.860. The SMILES string of the molecule is CCC(O)(CN)C1CC1c1ccccc1. The van der Waals surface area contributed by atoms with Gasteiger partial charge in [0.25, 0.3) is 0 Å². The van der Waals surface area contributed by atoms with Crippen molar-refractivity contribution in [3.05, 3.63) is 35.9 Å². The molecule has 0 radical (unpaired) electrons. The van der Waals surface area contributed by atoms with Gasteiger partial charge >= 0.3 is 0 Å². The molecule has 1 saturated carbocycles. The van der Waals surface area contributed by atoms with Crippen LogP contribution in [0.25, 0.3) is 0 Å². The zero-order valence-electron chi connectivity index (χ0n) is 9.19. The van der Waals surface area contributed by atoms with Gasteiger partial charge in [-0.2, -0.15) is 0 Å². The number of hydrogen-bond donors (Lipinski definition) is 2. The quantitative estimate of drug-likeness (QED) is 0.788. The first-order chi connectivity index (χ1) is 7.21. The minimum absolute atomic E-state index is 0.356. The van der Waals surface area contributed by atoms with E-state index in [-0.39, 0.29) is 0 Å². The Labute approximate surface area is 91.1 Å². The lowest BCUT2D eigenvalue weighted by Gasteiger charge is -2.25. The lowest BCUT2D eigenvalue weighted by molar-refractivity contribution is 0.0206. The van der Waals surface area contributed by atoms with Crippen molar-refractivity contribution in [1.82, 2.24) is 0 Å². The lowest BCUT2D eigenvalue weighted by Crippen LogP contribution is -2.39. The molecule has 0 spiro atoms. The normalized spacial score (nSPS) is 28.5. The van der Waals surface area contributed by atoms with Gasteiger partial charge in [0.05, 0.1) is 5.60 Å². The number of benzene rings is 1. The summed E-state index contributed by atoms with van der Waals surface area (Å²) in [5, 5.41) is 10.3. The summed E-state index contributed by atoms with van der Waals surface area (Å²) in [7, 11) is 0. The van der Waals surface area contributed by atoms with Crippen LogP contribution in [0.3, 0.4) is 0 Å². The van der Waals surface area contributed by atoms with E-state index in [4.69, 9.17) is 5.73 Å². The Morgan fingerprint density at radius 2 is 2.07 bits per heavy atom. The van der Waals surface area contributed by atoms with Gasteiger partial charge in [0.15, 0.2) is 0 Å².